The smallest absolute Gasteiger partial charge is 0.389 e. The molecule has 170 valence electrons. The predicted octanol–water partition coefficient (Wildman–Crippen LogP) is -5.18. The van der Waals surface area contributed by atoms with Crippen molar-refractivity contribution in [1.82, 2.24) is 0 Å². The van der Waals surface area contributed by atoms with Crippen molar-refractivity contribution in [3.05, 3.63) is 38.0 Å². The van der Waals surface area contributed by atoms with E-state index >= 15 is 0 Å². The lowest BCUT2D eigenvalue weighted by Crippen LogP contribution is -2.83. The first-order valence-corrected chi connectivity index (χ1v) is 9.56. The average Bonchev–Trinajstić information content (AvgIpc) is 2.67. The Kier molecular flexibility index (Phi) is 30.2. The number of carbonyl (C=O) groups excluding carboxylic acids is 3. The fourth-order valence-electron chi connectivity index (χ4n) is 0.641. The van der Waals surface area contributed by atoms with Crippen LogP contribution in [0, 0.1) is 0 Å². The lowest BCUT2D eigenvalue weighted by atomic mass is 10.7. The zero-order valence-corrected chi connectivity index (χ0v) is 17.6. The van der Waals surface area contributed by atoms with Crippen LogP contribution in [0.5, 0.6) is 0 Å². The number of phosphoric acid groups is 1. The molecule has 29 heavy (non-hydrogen) atoms. The molecule has 0 amide bonds. The van der Waals surface area contributed by atoms with Crippen molar-refractivity contribution in [2.45, 2.75) is 20.8 Å². The minimum Gasteiger partial charge on any atom is -0.822 e. The monoisotopic (exact) mass is 443 g/mol. The molecule has 0 bridgehead atoms. The van der Waals surface area contributed by atoms with E-state index in [-0.39, 0.29) is 0 Å². The van der Waals surface area contributed by atoms with E-state index in [0.717, 1.165) is 37.9 Å². The van der Waals surface area contributed by atoms with Crippen molar-refractivity contribution in [1.29, 1.82) is 0 Å². The molecule has 0 rings (SSSR count). The van der Waals surface area contributed by atoms with Gasteiger partial charge in [-0.1, -0.05) is 19.7 Å². The van der Waals surface area contributed by atoms with E-state index in [4.69, 9.17) is 19.2 Å². The van der Waals surface area contributed by atoms with Gasteiger partial charge in [0, 0.05) is 18.2 Å². The van der Waals surface area contributed by atoms with Crippen molar-refractivity contribution >= 4 is 25.7 Å². The fourth-order valence-corrected chi connectivity index (χ4v) is 0.641. The molecule has 0 saturated carbocycles. The Bertz CT molecular complexity index is 457. The Balaban J connectivity index is -0.000000146. The predicted molar refractivity (Wildman–Crippen MR) is 93.9 cm³/mol. The van der Waals surface area contributed by atoms with Gasteiger partial charge in [-0.3, -0.25) is 14.5 Å². The third-order valence-corrected chi connectivity index (χ3v) is 1.60. The SMILES string of the molecule is C=CC(=O)O[NH2+]CC.C=CC(=O)O[NH2+]CC.C=CC(=O)O[NH2+]CC.O=P([O-])([O-])[O-]. The normalized spacial score (nSPS) is 8.76. The van der Waals surface area contributed by atoms with Crippen LogP contribution in [0.15, 0.2) is 38.0 Å². The van der Waals surface area contributed by atoms with Gasteiger partial charge in [0.15, 0.2) is 0 Å². The molecule has 0 aliphatic heterocycles. The molecule has 0 saturated heterocycles. The summed E-state index contributed by atoms with van der Waals surface area (Å²) in [6.45, 7) is 17.5. The molecule has 0 radical (unpaired) electrons. The van der Waals surface area contributed by atoms with Crippen molar-refractivity contribution in [2.75, 3.05) is 19.6 Å². The molecule has 6 N–H and O–H groups in total. The van der Waals surface area contributed by atoms with E-state index in [1.54, 1.807) is 0 Å². The van der Waals surface area contributed by atoms with Crippen LogP contribution in [-0.2, 0) is 33.5 Å². The number of hydrogen-bond donors (Lipinski definition) is 3. The highest BCUT2D eigenvalue weighted by atomic mass is 31.2. The zero-order chi connectivity index (χ0) is 23.7. The van der Waals surface area contributed by atoms with E-state index < -0.39 is 25.7 Å². The molecule has 14 heteroatoms. The molecule has 0 aromatic heterocycles. The van der Waals surface area contributed by atoms with Crippen LogP contribution in [0.3, 0.4) is 0 Å². The summed E-state index contributed by atoms with van der Waals surface area (Å²) in [6.07, 6.45) is 3.39. The van der Waals surface area contributed by atoms with E-state index in [0.29, 0.717) is 0 Å². The van der Waals surface area contributed by atoms with Gasteiger partial charge < -0.3 is 19.2 Å². The van der Waals surface area contributed by atoms with Gasteiger partial charge >= 0.3 is 17.9 Å². The van der Waals surface area contributed by atoms with E-state index in [2.05, 4.69) is 34.2 Å². The Morgan fingerprint density at radius 1 is 0.724 bits per heavy atom. The lowest BCUT2D eigenvalue weighted by Gasteiger charge is -2.36. The van der Waals surface area contributed by atoms with Gasteiger partial charge in [0.1, 0.15) is 19.6 Å². The first-order chi connectivity index (χ1) is 13.4. The number of hydrogen-bond acceptors (Lipinski definition) is 10. The Labute approximate surface area is 169 Å². The first kappa shape index (κ1) is 34.1. The lowest BCUT2D eigenvalue weighted by molar-refractivity contribution is -0.869. The molecule has 0 spiro atoms. The molecule has 0 atom stereocenters. The van der Waals surface area contributed by atoms with E-state index in [1.165, 1.54) is 16.4 Å². The molecule has 0 fully saturated rings. The van der Waals surface area contributed by atoms with Crippen LogP contribution in [0.4, 0.5) is 0 Å². The van der Waals surface area contributed by atoms with Crippen molar-refractivity contribution in [2.24, 2.45) is 0 Å². The number of nitrogens with two attached hydrogens (primary N) is 3. The minimum absolute atomic E-state index is 0.396. The molecule has 0 aromatic rings. The van der Waals surface area contributed by atoms with E-state index in [1.807, 2.05) is 20.8 Å². The number of hydroxylamine groups is 3. The summed E-state index contributed by atoms with van der Waals surface area (Å²) in [5.41, 5.74) is 4.30. The van der Waals surface area contributed by atoms with Gasteiger partial charge in [-0.2, -0.15) is 24.3 Å². The molecular formula is C15H30N3O10P. The highest BCUT2D eigenvalue weighted by Gasteiger charge is 1.94. The Hall–Kier alpha value is -2.38. The largest absolute Gasteiger partial charge is 0.822 e. The van der Waals surface area contributed by atoms with Crippen LogP contribution >= 0.6 is 7.82 Å². The minimum atomic E-state index is -5.39. The third-order valence-electron chi connectivity index (χ3n) is 1.60. The van der Waals surface area contributed by atoms with Crippen LogP contribution in [0.2, 0.25) is 0 Å². The zero-order valence-electron chi connectivity index (χ0n) is 16.7. The van der Waals surface area contributed by atoms with Gasteiger partial charge in [0.2, 0.25) is 0 Å². The van der Waals surface area contributed by atoms with Gasteiger partial charge in [-0.05, 0) is 20.8 Å². The number of quaternary nitrogens is 3. The summed E-state index contributed by atoms with van der Waals surface area (Å²) >= 11 is 0. The Morgan fingerprint density at radius 2 is 0.897 bits per heavy atom. The van der Waals surface area contributed by atoms with Crippen LogP contribution in [0.25, 0.3) is 0 Å². The number of rotatable bonds is 9. The average molecular weight is 443 g/mol. The maximum absolute atomic E-state index is 10.2. The summed E-state index contributed by atoms with van der Waals surface area (Å²) < 4.78 is 8.55. The summed E-state index contributed by atoms with van der Waals surface area (Å²) in [5.74, 6) is -1.19. The van der Waals surface area contributed by atoms with Crippen molar-refractivity contribution in [3.8, 4) is 0 Å². The topological polar surface area (TPSA) is 215 Å². The van der Waals surface area contributed by atoms with Crippen molar-refractivity contribution < 1.29 is 64.6 Å². The maximum Gasteiger partial charge on any atom is 0.389 e. The maximum atomic E-state index is 10.2. The van der Waals surface area contributed by atoms with Gasteiger partial charge in [0.25, 0.3) is 0 Å². The molecule has 0 aliphatic rings. The standard InChI is InChI=1S/3C5H9NO2.H3O4P/c3*1-3-5(7)8-6-4-2;1-5(2,3)4/h3*3,6H,1,4H2,2H3;(H3,1,2,3,4). The molecule has 0 aliphatic carbocycles. The van der Waals surface area contributed by atoms with Crippen molar-refractivity contribution in [3.63, 3.8) is 0 Å². The molecule has 0 heterocycles. The summed E-state index contributed by atoms with van der Waals surface area (Å²) in [4.78, 5) is 69.6. The van der Waals surface area contributed by atoms with Crippen LogP contribution < -0.4 is 31.1 Å². The van der Waals surface area contributed by atoms with Gasteiger partial charge in [-0.25, -0.2) is 14.4 Å². The quantitative estimate of drug-likeness (QED) is 0.175. The molecule has 13 nitrogen and oxygen atoms in total. The fraction of sp³-hybridized carbons (Fsp3) is 0.400. The molecular weight excluding hydrogens is 413 g/mol. The van der Waals surface area contributed by atoms with Gasteiger partial charge in [-0.15, -0.1) is 0 Å². The summed E-state index contributed by atoms with van der Waals surface area (Å²) in [6, 6.07) is 0. The van der Waals surface area contributed by atoms with E-state index in [9.17, 15) is 14.4 Å². The third kappa shape index (κ3) is 58.6. The number of carbonyl (C=O) groups is 3. The Morgan fingerprint density at radius 3 is 1.00 bits per heavy atom. The second-order valence-corrected chi connectivity index (χ2v) is 4.99. The van der Waals surface area contributed by atoms with Crippen LogP contribution in [-0.4, -0.2) is 37.5 Å². The second kappa shape index (κ2) is 25.6. The van der Waals surface area contributed by atoms with Gasteiger partial charge in [0.05, 0.1) is 0 Å². The summed E-state index contributed by atoms with van der Waals surface area (Å²) in [7, 11) is -5.39. The second-order valence-electron chi connectivity index (χ2n) is 4.09. The van der Waals surface area contributed by atoms with Crippen LogP contribution in [0.1, 0.15) is 20.8 Å². The first-order valence-electron chi connectivity index (χ1n) is 8.10. The summed E-state index contributed by atoms with van der Waals surface area (Å²) in [5, 5.41) is 0. The molecule has 0 aromatic carbocycles. The highest BCUT2D eigenvalue weighted by Crippen LogP contribution is 2.03. The molecule has 0 unspecified atom stereocenters. The highest BCUT2D eigenvalue weighted by molar-refractivity contribution is 7.40.